The fourth-order valence-corrected chi connectivity index (χ4v) is 9.29. The molecule has 8 nitrogen and oxygen atoms in total. The highest BCUT2D eigenvalue weighted by atomic mass is 32.2. The average Bonchev–Trinajstić information content (AvgIpc) is 3.50. The fourth-order valence-electron chi connectivity index (χ4n) is 3.66. The average molecular weight is 594 g/mol. The van der Waals surface area contributed by atoms with Crippen molar-refractivity contribution in [3.63, 3.8) is 0 Å². The van der Waals surface area contributed by atoms with Gasteiger partial charge in [0.2, 0.25) is 0 Å². The Bertz CT molecular complexity index is 1450. The van der Waals surface area contributed by atoms with E-state index in [2.05, 4.69) is 33.8 Å². The third kappa shape index (κ3) is 7.38. The number of anilines is 1. The quantitative estimate of drug-likeness (QED) is 0.169. The van der Waals surface area contributed by atoms with Crippen molar-refractivity contribution >= 4 is 86.6 Å². The van der Waals surface area contributed by atoms with E-state index >= 15 is 0 Å². The Morgan fingerprint density at radius 1 is 0.943 bits per heavy atom. The van der Waals surface area contributed by atoms with Gasteiger partial charge in [0.25, 0.3) is 30.1 Å². The molecule has 0 saturated heterocycles. The number of rotatable bonds is 12. The van der Waals surface area contributed by atoms with Gasteiger partial charge in [0.1, 0.15) is 9.70 Å². The SMILES string of the molecule is O=S(=O)(O)CCCCN1C(=CC=Cc2sc3ccsc3[n+]2CCCCS(=O)(=O)O)Sc2ccsc21. The van der Waals surface area contributed by atoms with Gasteiger partial charge < -0.3 is 4.90 Å². The molecule has 190 valence electrons. The molecule has 0 fully saturated rings. The van der Waals surface area contributed by atoms with Crippen LogP contribution in [0.15, 0.2) is 45.0 Å². The van der Waals surface area contributed by atoms with E-state index in [1.165, 1.54) is 9.60 Å². The van der Waals surface area contributed by atoms with Gasteiger partial charge in [0.15, 0.2) is 6.54 Å². The first-order valence-electron chi connectivity index (χ1n) is 10.8. The van der Waals surface area contributed by atoms with Crippen molar-refractivity contribution in [1.29, 1.82) is 0 Å². The smallest absolute Gasteiger partial charge is 0.280 e. The van der Waals surface area contributed by atoms with E-state index in [0.29, 0.717) is 38.8 Å². The van der Waals surface area contributed by atoms with Crippen molar-refractivity contribution < 1.29 is 30.5 Å². The second-order valence-corrected chi connectivity index (χ2v) is 14.9. The van der Waals surface area contributed by atoms with E-state index in [1.807, 2.05) is 16.8 Å². The van der Waals surface area contributed by atoms with Gasteiger partial charge in [-0.15, -0.1) is 11.3 Å². The van der Waals surface area contributed by atoms with E-state index in [9.17, 15) is 16.8 Å². The Kier molecular flexibility index (Phi) is 8.74. The van der Waals surface area contributed by atoms with Crippen molar-refractivity contribution in [2.24, 2.45) is 0 Å². The lowest BCUT2D eigenvalue weighted by Crippen LogP contribution is -2.34. The van der Waals surface area contributed by atoms with Gasteiger partial charge in [-0.2, -0.15) is 21.4 Å². The molecule has 0 bridgehead atoms. The molecule has 1 aliphatic rings. The van der Waals surface area contributed by atoms with Crippen LogP contribution in [0.2, 0.25) is 0 Å². The predicted octanol–water partition coefficient (Wildman–Crippen LogP) is 5.11. The monoisotopic (exact) mass is 593 g/mol. The fraction of sp³-hybridized carbons (Fsp3) is 0.381. The van der Waals surface area contributed by atoms with Crippen molar-refractivity contribution in [2.45, 2.75) is 37.1 Å². The maximum absolute atomic E-state index is 11.0. The van der Waals surface area contributed by atoms with Crippen LogP contribution in [0.4, 0.5) is 5.00 Å². The molecule has 4 rings (SSSR count). The molecule has 0 amide bonds. The summed E-state index contributed by atoms with van der Waals surface area (Å²) in [6, 6.07) is 4.16. The third-order valence-corrected chi connectivity index (χ3v) is 11.2. The Labute approximate surface area is 221 Å². The number of nitrogens with zero attached hydrogens (tertiary/aromatic N) is 2. The van der Waals surface area contributed by atoms with Crippen LogP contribution in [0.3, 0.4) is 0 Å². The Morgan fingerprint density at radius 2 is 1.66 bits per heavy atom. The molecule has 4 heterocycles. The van der Waals surface area contributed by atoms with E-state index in [4.69, 9.17) is 9.11 Å². The van der Waals surface area contributed by atoms with Gasteiger partial charge in [0, 0.05) is 23.9 Å². The van der Waals surface area contributed by atoms with E-state index in [-0.39, 0.29) is 11.5 Å². The molecular formula is C21H25N2O6S6+. The normalized spacial score (nSPS) is 15.7. The van der Waals surface area contributed by atoms with Crippen LogP contribution in [0.25, 0.3) is 15.6 Å². The highest BCUT2D eigenvalue weighted by Gasteiger charge is 2.26. The Morgan fingerprint density at radius 3 is 2.40 bits per heavy atom. The summed E-state index contributed by atoms with van der Waals surface area (Å²) in [5, 5.41) is 7.35. The number of aryl methyl sites for hydroxylation is 1. The van der Waals surface area contributed by atoms with Gasteiger partial charge >= 0.3 is 0 Å². The van der Waals surface area contributed by atoms with Gasteiger partial charge in [-0.1, -0.05) is 40.5 Å². The standard InChI is InChI=1S/C21H24N2O6S6/c24-34(25,26)14-3-1-10-22-18(32-16-8-12-30-20(16)22)6-5-7-19-23(11-2-4-15-35(27,28)29)21-17(33-19)9-13-31-21/h5-9,12-13H,1-4,10-11,14-15H2,(H-,24,25,26,27,28,29)/p+1. The van der Waals surface area contributed by atoms with Crippen molar-refractivity contribution in [3.05, 3.63) is 45.1 Å². The number of unbranched alkanes of at least 4 members (excludes halogenated alkanes) is 2. The highest BCUT2D eigenvalue weighted by Crippen LogP contribution is 2.49. The summed E-state index contributed by atoms with van der Waals surface area (Å²) in [4.78, 5) is 4.51. The Hall–Kier alpha value is -1.26. The predicted molar refractivity (Wildman–Crippen MR) is 146 cm³/mol. The summed E-state index contributed by atoms with van der Waals surface area (Å²) in [6.07, 6.45) is 8.19. The summed E-state index contributed by atoms with van der Waals surface area (Å²) < 4.78 is 65.3. The molecule has 3 aromatic heterocycles. The molecule has 14 heteroatoms. The molecule has 0 saturated carbocycles. The van der Waals surface area contributed by atoms with E-state index in [1.54, 1.807) is 45.8 Å². The number of hydrogen-bond acceptors (Lipinski definition) is 9. The first-order chi connectivity index (χ1) is 16.6. The lowest BCUT2D eigenvalue weighted by Gasteiger charge is -2.18. The molecule has 0 radical (unpaired) electrons. The molecule has 1 aliphatic heterocycles. The Balaban J connectivity index is 1.46. The highest BCUT2D eigenvalue weighted by molar-refractivity contribution is 8.04. The summed E-state index contributed by atoms with van der Waals surface area (Å²) >= 11 is 6.65. The van der Waals surface area contributed by atoms with E-state index in [0.717, 1.165) is 19.9 Å². The van der Waals surface area contributed by atoms with Crippen LogP contribution in [-0.2, 0) is 26.8 Å². The maximum Gasteiger partial charge on any atom is 0.280 e. The number of hydrogen-bond donors (Lipinski definition) is 2. The zero-order chi connectivity index (χ0) is 25.1. The number of thioether (sulfide) groups is 1. The number of allylic oxidation sites excluding steroid dienone is 2. The minimum atomic E-state index is -3.94. The molecule has 0 spiro atoms. The lowest BCUT2D eigenvalue weighted by molar-refractivity contribution is -0.667. The summed E-state index contributed by atoms with van der Waals surface area (Å²) in [5.41, 5.74) is 0. The van der Waals surface area contributed by atoms with Crippen molar-refractivity contribution in [3.8, 4) is 0 Å². The van der Waals surface area contributed by atoms with Crippen molar-refractivity contribution in [2.75, 3.05) is 23.0 Å². The molecule has 0 unspecified atom stereocenters. The zero-order valence-corrected chi connectivity index (χ0v) is 23.5. The van der Waals surface area contributed by atoms with Crippen LogP contribution in [0.5, 0.6) is 0 Å². The molecule has 2 N–H and O–H groups in total. The maximum atomic E-state index is 11.0. The zero-order valence-electron chi connectivity index (χ0n) is 18.6. The van der Waals surface area contributed by atoms with Gasteiger partial charge in [-0.25, -0.2) is 0 Å². The molecule has 3 aromatic rings. The van der Waals surface area contributed by atoms with Gasteiger partial charge in [-0.05, 0) is 48.2 Å². The molecule has 35 heavy (non-hydrogen) atoms. The first-order valence-corrected chi connectivity index (χ1v) is 17.4. The number of thiophene rings is 2. The van der Waals surface area contributed by atoms with E-state index < -0.39 is 20.2 Å². The van der Waals surface area contributed by atoms with Crippen LogP contribution in [0, 0.1) is 0 Å². The molecule has 0 aromatic carbocycles. The summed E-state index contributed by atoms with van der Waals surface area (Å²) in [6.45, 7) is 1.33. The first kappa shape index (κ1) is 26.8. The number of thiazole rings is 1. The number of aromatic nitrogens is 1. The second kappa shape index (κ2) is 11.4. The third-order valence-electron chi connectivity index (χ3n) is 5.22. The van der Waals surface area contributed by atoms with Crippen molar-refractivity contribution in [1.82, 2.24) is 0 Å². The second-order valence-electron chi connectivity index (χ2n) is 7.88. The minimum absolute atomic E-state index is 0.232. The van der Waals surface area contributed by atoms with Crippen LogP contribution in [0.1, 0.15) is 30.7 Å². The van der Waals surface area contributed by atoms with Crippen LogP contribution in [-0.4, -0.2) is 44.0 Å². The minimum Gasteiger partial charge on any atom is -0.327 e. The lowest BCUT2D eigenvalue weighted by atomic mass is 10.3. The topological polar surface area (TPSA) is 116 Å². The van der Waals surface area contributed by atoms with Crippen LogP contribution < -0.4 is 9.47 Å². The summed E-state index contributed by atoms with van der Waals surface area (Å²) in [7, 11) is -7.89. The van der Waals surface area contributed by atoms with Gasteiger partial charge in [0.05, 0.1) is 16.5 Å². The van der Waals surface area contributed by atoms with Gasteiger partial charge in [-0.3, -0.25) is 9.11 Å². The largest absolute Gasteiger partial charge is 0.327 e. The molecular weight excluding hydrogens is 569 g/mol. The molecule has 0 aliphatic carbocycles. The summed E-state index contributed by atoms with van der Waals surface area (Å²) in [5.74, 6) is -0.464. The van der Waals surface area contributed by atoms with Crippen LogP contribution >= 0.6 is 45.8 Å². The number of fused-ring (bicyclic) bond motifs is 2. The molecule has 0 atom stereocenters.